The third-order valence-electron chi connectivity index (χ3n) is 2.57. The molecule has 0 heterocycles. The molecule has 0 saturated carbocycles. The highest BCUT2D eigenvalue weighted by atomic mass is 19.1. The fraction of sp³-hybridized carbons (Fsp3) is 0.429. The summed E-state index contributed by atoms with van der Waals surface area (Å²) in [6, 6.07) is 2.80. The molecule has 0 fully saturated rings. The molecular weight excluding hydrogens is 266 g/mol. The lowest BCUT2D eigenvalue weighted by Gasteiger charge is -2.08. The van der Waals surface area contributed by atoms with Gasteiger partial charge in [0, 0.05) is 12.6 Å². The largest absolute Gasteiger partial charge is 0.356 e. The van der Waals surface area contributed by atoms with Gasteiger partial charge in [-0.25, -0.2) is 8.78 Å². The molecule has 2 N–H and O–H groups in total. The van der Waals surface area contributed by atoms with Gasteiger partial charge in [-0.15, -0.1) is 0 Å². The van der Waals surface area contributed by atoms with E-state index in [0.717, 1.165) is 18.6 Å². The number of nitrogens with one attached hydrogen (secondary N) is 2. The van der Waals surface area contributed by atoms with Crippen molar-refractivity contribution in [3.05, 3.63) is 29.8 Å². The molecule has 0 saturated heterocycles. The summed E-state index contributed by atoms with van der Waals surface area (Å²) in [5, 5.41) is 4.83. The minimum atomic E-state index is -0.876. The maximum atomic E-state index is 13.3. The highest BCUT2D eigenvalue weighted by Gasteiger charge is 2.12. The summed E-state index contributed by atoms with van der Waals surface area (Å²) in [6.07, 6.45) is 0.425. The molecule has 4 nitrogen and oxygen atoms in total. The van der Waals surface area contributed by atoms with Crippen LogP contribution in [0, 0.1) is 17.6 Å². The van der Waals surface area contributed by atoms with E-state index in [4.69, 9.17) is 0 Å². The number of anilines is 1. The number of halogens is 2. The smallest absolute Gasteiger partial charge is 0.233 e. The summed E-state index contributed by atoms with van der Waals surface area (Å²) >= 11 is 0. The molecule has 0 bridgehead atoms. The molecule has 0 atom stereocenters. The number of amides is 2. The summed E-state index contributed by atoms with van der Waals surface area (Å²) in [5.41, 5.74) is -0.147. The van der Waals surface area contributed by atoms with Crippen molar-refractivity contribution in [3.8, 4) is 0 Å². The second-order valence-corrected chi connectivity index (χ2v) is 4.88. The van der Waals surface area contributed by atoms with Crippen LogP contribution in [0.4, 0.5) is 14.5 Å². The first kappa shape index (κ1) is 16.1. The number of carbonyl (C=O) groups is 2. The van der Waals surface area contributed by atoms with Gasteiger partial charge in [-0.3, -0.25) is 9.59 Å². The van der Waals surface area contributed by atoms with Gasteiger partial charge in [0.15, 0.2) is 0 Å². The van der Waals surface area contributed by atoms with Gasteiger partial charge in [0.2, 0.25) is 11.8 Å². The van der Waals surface area contributed by atoms with Crippen LogP contribution in [0.2, 0.25) is 0 Å². The average Bonchev–Trinajstić information content (AvgIpc) is 2.32. The van der Waals surface area contributed by atoms with Gasteiger partial charge in [-0.05, 0) is 24.5 Å². The average molecular weight is 284 g/mol. The summed E-state index contributed by atoms with van der Waals surface area (Å²) in [5.74, 6) is -2.22. The van der Waals surface area contributed by atoms with E-state index in [9.17, 15) is 18.4 Å². The molecule has 0 spiro atoms. The van der Waals surface area contributed by atoms with E-state index >= 15 is 0 Å². The topological polar surface area (TPSA) is 58.2 Å². The molecule has 0 radical (unpaired) electrons. The van der Waals surface area contributed by atoms with Crippen LogP contribution >= 0.6 is 0 Å². The lowest BCUT2D eigenvalue weighted by atomic mass is 10.1. The van der Waals surface area contributed by atoms with Gasteiger partial charge in [-0.1, -0.05) is 13.8 Å². The molecule has 1 rings (SSSR count). The van der Waals surface area contributed by atoms with E-state index in [2.05, 4.69) is 10.6 Å². The van der Waals surface area contributed by atoms with Gasteiger partial charge in [0.1, 0.15) is 18.1 Å². The van der Waals surface area contributed by atoms with Crippen molar-refractivity contribution < 1.29 is 18.4 Å². The van der Waals surface area contributed by atoms with Gasteiger partial charge in [0.05, 0.1) is 5.69 Å². The van der Waals surface area contributed by atoms with Crippen molar-refractivity contribution in [3.63, 3.8) is 0 Å². The zero-order valence-corrected chi connectivity index (χ0v) is 11.5. The van der Waals surface area contributed by atoms with Crippen molar-refractivity contribution in [1.82, 2.24) is 5.32 Å². The Morgan fingerprint density at radius 1 is 1.20 bits per heavy atom. The number of hydrogen-bond acceptors (Lipinski definition) is 2. The van der Waals surface area contributed by atoms with Gasteiger partial charge in [-0.2, -0.15) is 0 Å². The lowest BCUT2D eigenvalue weighted by Crippen LogP contribution is -2.29. The fourth-order valence-corrected chi connectivity index (χ4v) is 1.49. The normalized spacial score (nSPS) is 10.4. The first-order valence-electron chi connectivity index (χ1n) is 6.40. The quantitative estimate of drug-likeness (QED) is 0.788. The molecule has 0 aliphatic rings. The summed E-state index contributed by atoms with van der Waals surface area (Å²) in [6.45, 7) is 4.54. The molecule has 1 aromatic rings. The van der Waals surface area contributed by atoms with E-state index in [-0.39, 0.29) is 5.69 Å². The number of benzene rings is 1. The first-order valence-corrected chi connectivity index (χ1v) is 6.40. The Bertz CT molecular complexity index is 490. The maximum Gasteiger partial charge on any atom is 0.233 e. The van der Waals surface area contributed by atoms with Gasteiger partial charge >= 0.3 is 0 Å². The standard InChI is InChI=1S/C14H18F2N2O2/c1-9(2)5-6-17-13(19)8-14(20)18-12-4-3-10(15)7-11(12)16/h3-4,7,9H,5-6,8H2,1-2H3,(H,17,19)(H,18,20). The number of hydrogen-bond donors (Lipinski definition) is 2. The predicted molar refractivity (Wildman–Crippen MR) is 72.1 cm³/mol. The molecule has 2 amide bonds. The van der Waals surface area contributed by atoms with Gasteiger partial charge < -0.3 is 10.6 Å². The van der Waals surface area contributed by atoms with Crippen molar-refractivity contribution in [2.24, 2.45) is 5.92 Å². The SMILES string of the molecule is CC(C)CCNC(=O)CC(=O)Nc1ccc(F)cc1F. The maximum absolute atomic E-state index is 13.3. The van der Waals surface area contributed by atoms with E-state index in [0.29, 0.717) is 18.5 Å². The molecule has 0 aromatic heterocycles. The van der Waals surface area contributed by atoms with Crippen LogP contribution < -0.4 is 10.6 Å². The van der Waals surface area contributed by atoms with Crippen LogP contribution in [0.1, 0.15) is 26.7 Å². The van der Waals surface area contributed by atoms with Crippen molar-refractivity contribution in [2.45, 2.75) is 26.7 Å². The molecule has 6 heteroatoms. The monoisotopic (exact) mass is 284 g/mol. The Labute approximate surface area is 116 Å². The summed E-state index contributed by atoms with van der Waals surface area (Å²) in [4.78, 5) is 23.0. The third kappa shape index (κ3) is 5.77. The van der Waals surface area contributed by atoms with Crippen LogP contribution in [-0.4, -0.2) is 18.4 Å². The van der Waals surface area contributed by atoms with Crippen molar-refractivity contribution in [2.75, 3.05) is 11.9 Å². The Morgan fingerprint density at radius 3 is 2.50 bits per heavy atom. The first-order chi connectivity index (χ1) is 9.38. The Morgan fingerprint density at radius 2 is 1.90 bits per heavy atom. The third-order valence-corrected chi connectivity index (χ3v) is 2.57. The highest BCUT2D eigenvalue weighted by molar-refractivity contribution is 6.03. The Hall–Kier alpha value is -1.98. The van der Waals surface area contributed by atoms with Gasteiger partial charge in [0.25, 0.3) is 0 Å². The minimum Gasteiger partial charge on any atom is -0.356 e. The second kappa shape index (κ2) is 7.57. The summed E-state index contributed by atoms with van der Waals surface area (Å²) < 4.78 is 26.0. The van der Waals surface area contributed by atoms with Crippen LogP contribution in [0.15, 0.2) is 18.2 Å². The Kier molecular flexibility index (Phi) is 6.09. The van der Waals surface area contributed by atoms with Crippen molar-refractivity contribution in [1.29, 1.82) is 0 Å². The molecule has 110 valence electrons. The van der Waals surface area contributed by atoms with Crippen LogP contribution in [0.25, 0.3) is 0 Å². The van der Waals surface area contributed by atoms with E-state index in [1.165, 1.54) is 0 Å². The van der Waals surface area contributed by atoms with Crippen LogP contribution in [0.3, 0.4) is 0 Å². The zero-order valence-electron chi connectivity index (χ0n) is 11.5. The molecule has 0 aliphatic heterocycles. The zero-order chi connectivity index (χ0) is 15.1. The molecule has 1 aromatic carbocycles. The van der Waals surface area contributed by atoms with E-state index < -0.39 is 29.9 Å². The summed E-state index contributed by atoms with van der Waals surface area (Å²) in [7, 11) is 0. The van der Waals surface area contributed by atoms with E-state index in [1.54, 1.807) is 0 Å². The fourth-order valence-electron chi connectivity index (χ4n) is 1.49. The number of rotatable bonds is 6. The number of carbonyl (C=O) groups excluding carboxylic acids is 2. The Balaban J connectivity index is 2.41. The second-order valence-electron chi connectivity index (χ2n) is 4.88. The van der Waals surface area contributed by atoms with Crippen molar-refractivity contribution >= 4 is 17.5 Å². The van der Waals surface area contributed by atoms with Crippen LogP contribution in [0.5, 0.6) is 0 Å². The highest BCUT2D eigenvalue weighted by Crippen LogP contribution is 2.14. The molecule has 20 heavy (non-hydrogen) atoms. The lowest BCUT2D eigenvalue weighted by molar-refractivity contribution is -0.126. The van der Waals surface area contributed by atoms with E-state index in [1.807, 2.05) is 13.8 Å². The predicted octanol–water partition coefficient (Wildman–Crippen LogP) is 2.46. The molecule has 0 unspecified atom stereocenters. The van der Waals surface area contributed by atoms with Crippen LogP contribution in [-0.2, 0) is 9.59 Å². The molecular formula is C14H18F2N2O2. The molecule has 0 aliphatic carbocycles. The minimum absolute atomic E-state index is 0.147.